The number of rotatable bonds is 7. The molecule has 2 aromatic heterocycles. The number of amides is 1. The van der Waals surface area contributed by atoms with E-state index in [0.717, 1.165) is 12.1 Å². The van der Waals surface area contributed by atoms with E-state index in [1.54, 1.807) is 29.8 Å². The van der Waals surface area contributed by atoms with Crippen LogP contribution in [-0.4, -0.2) is 85.2 Å². The van der Waals surface area contributed by atoms with Gasteiger partial charge in [0.2, 0.25) is 0 Å². The molecular formula is C28H33FN6O3S. The monoisotopic (exact) mass is 552 g/mol. The molecule has 3 N–H and O–H groups in total. The Labute approximate surface area is 232 Å². The van der Waals surface area contributed by atoms with Crippen LogP contribution in [0.2, 0.25) is 0 Å². The quantitative estimate of drug-likeness (QED) is 0.265. The lowest BCUT2D eigenvalue weighted by atomic mass is 10.00. The molecule has 0 unspecified atom stereocenters. The van der Waals surface area contributed by atoms with Gasteiger partial charge in [0.05, 0.1) is 54.5 Å². The van der Waals surface area contributed by atoms with Crippen molar-refractivity contribution >= 4 is 35.6 Å². The molecule has 9 nitrogen and oxygen atoms in total. The van der Waals surface area contributed by atoms with Gasteiger partial charge < -0.3 is 30.3 Å². The summed E-state index contributed by atoms with van der Waals surface area (Å²) in [6.07, 6.45) is -0.256. The highest BCUT2D eigenvalue weighted by Crippen LogP contribution is 2.27. The number of nitrogens with one attached hydrogen (secondary N) is 3. The number of carbonyl (C=O) groups is 1. The first-order chi connectivity index (χ1) is 18.8. The van der Waals surface area contributed by atoms with E-state index >= 15 is 0 Å². The Morgan fingerprint density at radius 2 is 2.15 bits per heavy atom. The van der Waals surface area contributed by atoms with Crippen molar-refractivity contribution in [3.63, 3.8) is 0 Å². The van der Waals surface area contributed by atoms with E-state index in [1.807, 2.05) is 37.1 Å². The minimum Gasteiger partial charge on any atom is -0.495 e. The molecule has 1 aromatic carbocycles. The zero-order valence-electron chi connectivity index (χ0n) is 22.3. The fraction of sp³-hybridized carbons (Fsp3) is 0.429. The number of ether oxygens (including phenoxy) is 2. The first-order valence-corrected chi connectivity index (χ1v) is 13.3. The molecule has 5 rings (SSSR count). The van der Waals surface area contributed by atoms with Crippen LogP contribution >= 0.6 is 12.6 Å². The first-order valence-electron chi connectivity index (χ1n) is 12.9. The molecule has 1 amide bonds. The number of nitrogens with zero attached hydrogens (tertiary/aromatic N) is 3. The van der Waals surface area contributed by atoms with Gasteiger partial charge in [-0.3, -0.25) is 4.79 Å². The number of fused-ring (bicyclic) bond motifs is 1. The van der Waals surface area contributed by atoms with Gasteiger partial charge in [-0.1, -0.05) is 12.0 Å². The van der Waals surface area contributed by atoms with Crippen LogP contribution in [-0.2, 0) is 4.74 Å². The van der Waals surface area contributed by atoms with Crippen LogP contribution in [0.5, 0.6) is 5.75 Å². The Morgan fingerprint density at radius 3 is 2.87 bits per heavy atom. The van der Waals surface area contributed by atoms with E-state index in [4.69, 9.17) is 9.47 Å². The van der Waals surface area contributed by atoms with Crippen molar-refractivity contribution in [3.05, 3.63) is 47.7 Å². The van der Waals surface area contributed by atoms with Gasteiger partial charge in [-0.25, -0.2) is 8.91 Å². The molecule has 3 aromatic rings. The number of halogens is 1. The molecule has 2 aliphatic rings. The number of pyridine rings is 1. The molecule has 4 heterocycles. The van der Waals surface area contributed by atoms with Crippen molar-refractivity contribution in [2.75, 3.05) is 57.6 Å². The van der Waals surface area contributed by atoms with E-state index in [0.29, 0.717) is 59.6 Å². The van der Waals surface area contributed by atoms with E-state index in [-0.39, 0.29) is 24.0 Å². The van der Waals surface area contributed by atoms with Crippen molar-refractivity contribution in [2.45, 2.75) is 36.0 Å². The van der Waals surface area contributed by atoms with Crippen LogP contribution in [0.25, 0.3) is 5.52 Å². The highest BCUT2D eigenvalue weighted by atomic mass is 32.1. The van der Waals surface area contributed by atoms with E-state index in [9.17, 15) is 9.18 Å². The number of benzene rings is 1. The number of methoxy groups -OCH3 is 1. The summed E-state index contributed by atoms with van der Waals surface area (Å²) >= 11 is 4.66. The van der Waals surface area contributed by atoms with Crippen LogP contribution in [0.15, 0.2) is 41.3 Å². The van der Waals surface area contributed by atoms with Crippen LogP contribution < -0.4 is 20.7 Å². The Hall–Kier alpha value is -3.46. The van der Waals surface area contributed by atoms with Crippen molar-refractivity contribution in [3.8, 4) is 17.6 Å². The normalized spacial score (nSPS) is 20.4. The van der Waals surface area contributed by atoms with Gasteiger partial charge in [0.15, 0.2) is 0 Å². The van der Waals surface area contributed by atoms with Crippen LogP contribution in [0, 0.1) is 11.8 Å². The average Bonchev–Trinajstić information content (AvgIpc) is 3.23. The average molecular weight is 553 g/mol. The summed E-state index contributed by atoms with van der Waals surface area (Å²) < 4.78 is 27.0. The number of alkyl halides is 1. The minimum absolute atomic E-state index is 0.175. The standard InChI is InChI=1S/C28H33FN6O3S/c1-28(16-38-17-28)32-27(36)18-9-10-24(37-3)22(14-18)30-12-5-6-21-26(39)23-7-4-8-25(35(23)33-21)31-20-11-13-34(2)15-19(20)29/h4,7-10,14,19-20,30-31,39H,11-13,15-17H2,1-3H3,(H,32,36)/t19-,20+/m0/s1. The third-order valence-corrected chi connectivity index (χ3v) is 7.44. The number of piperidine rings is 1. The maximum atomic E-state index is 14.6. The molecule has 2 fully saturated rings. The lowest BCUT2D eigenvalue weighted by Gasteiger charge is -2.38. The molecule has 0 bridgehead atoms. The highest BCUT2D eigenvalue weighted by Gasteiger charge is 2.35. The van der Waals surface area contributed by atoms with Gasteiger partial charge in [-0.15, -0.1) is 12.6 Å². The topological polar surface area (TPSA) is 92.2 Å². The van der Waals surface area contributed by atoms with E-state index in [2.05, 4.69) is 45.5 Å². The SMILES string of the molecule is COc1ccc(C(=O)NC2(C)COC2)cc1NCC#Cc1nn2c(N[C@@H]3CCN(C)C[C@@H]3F)cccc2c1S. The van der Waals surface area contributed by atoms with Gasteiger partial charge in [0.25, 0.3) is 5.91 Å². The van der Waals surface area contributed by atoms with Crippen molar-refractivity contribution in [1.29, 1.82) is 0 Å². The number of aromatic nitrogens is 2. The van der Waals surface area contributed by atoms with Gasteiger partial charge in [0.1, 0.15) is 23.4 Å². The largest absolute Gasteiger partial charge is 0.495 e. The molecular weight excluding hydrogens is 519 g/mol. The predicted molar refractivity (Wildman–Crippen MR) is 152 cm³/mol. The first kappa shape index (κ1) is 27.1. The summed E-state index contributed by atoms with van der Waals surface area (Å²) in [7, 11) is 3.50. The minimum atomic E-state index is -0.966. The molecule has 0 aliphatic carbocycles. The van der Waals surface area contributed by atoms with Crippen LogP contribution in [0.1, 0.15) is 29.4 Å². The van der Waals surface area contributed by atoms with Crippen molar-refractivity contribution in [1.82, 2.24) is 19.8 Å². The fourth-order valence-corrected chi connectivity index (χ4v) is 5.01. The molecule has 0 radical (unpaired) electrons. The molecule has 2 atom stereocenters. The molecule has 0 saturated carbocycles. The van der Waals surface area contributed by atoms with Gasteiger partial charge in [-0.05, 0) is 56.6 Å². The smallest absolute Gasteiger partial charge is 0.251 e. The second kappa shape index (κ2) is 11.3. The third kappa shape index (κ3) is 5.93. The maximum absolute atomic E-state index is 14.6. The Morgan fingerprint density at radius 1 is 1.33 bits per heavy atom. The second-order valence-corrected chi connectivity index (χ2v) is 10.7. The van der Waals surface area contributed by atoms with Crippen LogP contribution in [0.4, 0.5) is 15.9 Å². The van der Waals surface area contributed by atoms with Gasteiger partial charge in [0, 0.05) is 18.7 Å². The fourth-order valence-electron chi connectivity index (χ4n) is 4.74. The van der Waals surface area contributed by atoms with Crippen molar-refractivity contribution in [2.24, 2.45) is 0 Å². The Bertz CT molecular complexity index is 1430. The maximum Gasteiger partial charge on any atom is 0.251 e. The second-order valence-electron chi connectivity index (χ2n) is 10.3. The molecule has 206 valence electrons. The third-order valence-electron chi connectivity index (χ3n) is 7.00. The summed E-state index contributed by atoms with van der Waals surface area (Å²) in [6.45, 7) is 4.48. The number of hydrogen-bond donors (Lipinski definition) is 4. The summed E-state index contributed by atoms with van der Waals surface area (Å²) in [5, 5.41) is 14.2. The number of anilines is 2. The van der Waals surface area contributed by atoms with Crippen LogP contribution in [0.3, 0.4) is 0 Å². The zero-order valence-corrected chi connectivity index (χ0v) is 23.1. The number of hydrogen-bond acceptors (Lipinski definition) is 8. The molecule has 2 aliphatic heterocycles. The Kier molecular flexibility index (Phi) is 7.88. The van der Waals surface area contributed by atoms with E-state index in [1.165, 1.54) is 0 Å². The lowest BCUT2D eigenvalue weighted by Crippen LogP contribution is -2.59. The van der Waals surface area contributed by atoms with Gasteiger partial charge >= 0.3 is 0 Å². The summed E-state index contributed by atoms with van der Waals surface area (Å²) in [4.78, 5) is 15.4. The summed E-state index contributed by atoms with van der Waals surface area (Å²) in [5.74, 6) is 7.28. The number of likely N-dealkylation sites (tertiary alicyclic amines) is 1. The molecule has 0 spiro atoms. The zero-order chi connectivity index (χ0) is 27.6. The van der Waals surface area contributed by atoms with Crippen molar-refractivity contribution < 1.29 is 18.7 Å². The lowest BCUT2D eigenvalue weighted by molar-refractivity contribution is -0.0593. The molecule has 39 heavy (non-hydrogen) atoms. The summed E-state index contributed by atoms with van der Waals surface area (Å²) in [6, 6.07) is 10.6. The molecule has 11 heteroatoms. The number of thiol groups is 1. The van der Waals surface area contributed by atoms with E-state index < -0.39 is 6.17 Å². The molecule has 2 saturated heterocycles. The summed E-state index contributed by atoms with van der Waals surface area (Å²) in [5.41, 5.74) is 2.13. The predicted octanol–water partition coefficient (Wildman–Crippen LogP) is 3.07. The van der Waals surface area contributed by atoms with Gasteiger partial charge in [-0.2, -0.15) is 5.10 Å². The Balaban J connectivity index is 1.28. The number of carbonyl (C=O) groups excluding carboxylic acids is 1. The highest BCUT2D eigenvalue weighted by molar-refractivity contribution is 7.80.